The number of benzene rings is 3. The molecular formula is C24H23NO5. The standard InChI is InChI=1S/C24H23NO5/c1-17(26)22(13-18-7-3-2-4-8-18)25-23(27)15-30-24(28)16-29-21-12-11-19-9-5-6-10-20(19)14-21/h2-12,14,22H,13,15-16H2,1H3,(H,25,27)/t22-/m1/s1. The number of esters is 1. The lowest BCUT2D eigenvalue weighted by Gasteiger charge is -2.16. The summed E-state index contributed by atoms with van der Waals surface area (Å²) < 4.78 is 10.4. The fraction of sp³-hybridized carbons (Fsp3) is 0.208. The summed E-state index contributed by atoms with van der Waals surface area (Å²) >= 11 is 0. The number of amides is 1. The van der Waals surface area contributed by atoms with Crippen LogP contribution in [0.3, 0.4) is 0 Å². The summed E-state index contributed by atoms with van der Waals surface area (Å²) in [5, 5.41) is 4.67. The molecule has 6 nitrogen and oxygen atoms in total. The van der Waals surface area contributed by atoms with Crippen molar-refractivity contribution in [2.45, 2.75) is 19.4 Å². The van der Waals surface area contributed by atoms with Gasteiger partial charge in [-0.25, -0.2) is 4.79 Å². The largest absolute Gasteiger partial charge is 0.482 e. The Morgan fingerprint density at radius 3 is 2.30 bits per heavy atom. The van der Waals surface area contributed by atoms with Crippen molar-refractivity contribution in [1.29, 1.82) is 0 Å². The quantitative estimate of drug-likeness (QED) is 0.554. The minimum atomic E-state index is -0.674. The number of ketones is 1. The van der Waals surface area contributed by atoms with Crippen LogP contribution >= 0.6 is 0 Å². The van der Waals surface area contributed by atoms with Crippen LogP contribution in [0.15, 0.2) is 72.8 Å². The lowest BCUT2D eigenvalue weighted by atomic mass is 10.0. The van der Waals surface area contributed by atoms with Crippen LogP contribution in [-0.4, -0.2) is 36.9 Å². The molecule has 0 fully saturated rings. The highest BCUT2D eigenvalue weighted by atomic mass is 16.6. The zero-order valence-electron chi connectivity index (χ0n) is 16.7. The van der Waals surface area contributed by atoms with Gasteiger partial charge in [0.25, 0.3) is 5.91 Å². The first-order chi connectivity index (χ1) is 14.5. The number of nitrogens with one attached hydrogen (secondary N) is 1. The summed E-state index contributed by atoms with van der Waals surface area (Å²) in [6.45, 7) is 0.627. The number of hydrogen-bond donors (Lipinski definition) is 1. The van der Waals surface area contributed by atoms with Crippen LogP contribution in [-0.2, 0) is 25.5 Å². The molecule has 30 heavy (non-hydrogen) atoms. The zero-order chi connectivity index (χ0) is 21.3. The van der Waals surface area contributed by atoms with E-state index in [4.69, 9.17) is 9.47 Å². The Morgan fingerprint density at radius 1 is 0.867 bits per heavy atom. The minimum absolute atomic E-state index is 0.168. The molecule has 0 aliphatic heterocycles. The molecular weight excluding hydrogens is 382 g/mol. The number of carbonyl (C=O) groups is 3. The Balaban J connectivity index is 1.44. The molecule has 1 atom stereocenters. The van der Waals surface area contributed by atoms with Gasteiger partial charge < -0.3 is 14.8 Å². The van der Waals surface area contributed by atoms with Crippen molar-refractivity contribution in [3.8, 4) is 5.75 Å². The van der Waals surface area contributed by atoms with Gasteiger partial charge >= 0.3 is 5.97 Å². The number of hydrogen-bond acceptors (Lipinski definition) is 5. The molecule has 3 aromatic rings. The predicted molar refractivity (Wildman–Crippen MR) is 113 cm³/mol. The van der Waals surface area contributed by atoms with E-state index in [2.05, 4.69) is 5.32 Å². The zero-order valence-corrected chi connectivity index (χ0v) is 16.7. The second kappa shape index (κ2) is 10.2. The smallest absolute Gasteiger partial charge is 0.344 e. The van der Waals surface area contributed by atoms with Crippen LogP contribution in [0.1, 0.15) is 12.5 Å². The maximum atomic E-state index is 12.1. The van der Waals surface area contributed by atoms with E-state index in [1.165, 1.54) is 6.92 Å². The van der Waals surface area contributed by atoms with E-state index in [0.717, 1.165) is 16.3 Å². The molecule has 154 valence electrons. The monoisotopic (exact) mass is 405 g/mol. The van der Waals surface area contributed by atoms with Gasteiger partial charge in [0.15, 0.2) is 19.0 Å². The van der Waals surface area contributed by atoms with Crippen LogP contribution in [0.4, 0.5) is 0 Å². The topological polar surface area (TPSA) is 81.7 Å². The normalized spacial score (nSPS) is 11.5. The molecule has 0 unspecified atom stereocenters. The highest BCUT2D eigenvalue weighted by molar-refractivity contribution is 5.89. The summed E-state index contributed by atoms with van der Waals surface area (Å²) in [5.41, 5.74) is 0.929. The van der Waals surface area contributed by atoms with E-state index in [-0.39, 0.29) is 12.4 Å². The maximum Gasteiger partial charge on any atom is 0.344 e. The molecule has 0 bridgehead atoms. The molecule has 0 aromatic heterocycles. The van der Waals surface area contributed by atoms with Crippen molar-refractivity contribution in [3.63, 3.8) is 0 Å². The Bertz CT molecular complexity index is 1030. The third-order valence-electron chi connectivity index (χ3n) is 4.55. The molecule has 1 N–H and O–H groups in total. The number of Topliss-reactive ketones (excluding diaryl/α,β-unsaturated/α-hetero) is 1. The second-order valence-electron chi connectivity index (χ2n) is 6.88. The van der Waals surface area contributed by atoms with E-state index < -0.39 is 24.5 Å². The van der Waals surface area contributed by atoms with Gasteiger partial charge in [0.05, 0.1) is 6.04 Å². The lowest BCUT2D eigenvalue weighted by Crippen LogP contribution is -2.43. The van der Waals surface area contributed by atoms with Gasteiger partial charge in [-0.15, -0.1) is 0 Å². The Morgan fingerprint density at radius 2 is 1.57 bits per heavy atom. The second-order valence-corrected chi connectivity index (χ2v) is 6.88. The van der Waals surface area contributed by atoms with Gasteiger partial charge in [-0.3, -0.25) is 9.59 Å². The van der Waals surface area contributed by atoms with Crippen molar-refractivity contribution >= 4 is 28.4 Å². The van der Waals surface area contributed by atoms with E-state index >= 15 is 0 Å². The molecule has 1 amide bonds. The molecule has 0 spiro atoms. The van der Waals surface area contributed by atoms with Gasteiger partial charge in [-0.1, -0.05) is 60.7 Å². The van der Waals surface area contributed by atoms with Crippen LogP contribution < -0.4 is 10.1 Å². The Kier molecular flexibility index (Phi) is 7.16. The molecule has 0 heterocycles. The maximum absolute atomic E-state index is 12.1. The summed E-state index contributed by atoms with van der Waals surface area (Å²) in [6, 6.07) is 22.0. The fourth-order valence-electron chi connectivity index (χ4n) is 2.97. The molecule has 0 aliphatic rings. The van der Waals surface area contributed by atoms with E-state index in [1.54, 1.807) is 6.07 Å². The third kappa shape index (κ3) is 6.17. The lowest BCUT2D eigenvalue weighted by molar-refractivity contribution is -0.150. The highest BCUT2D eigenvalue weighted by Crippen LogP contribution is 2.20. The van der Waals surface area contributed by atoms with Crippen molar-refractivity contribution in [2.24, 2.45) is 0 Å². The van der Waals surface area contributed by atoms with Gasteiger partial charge in [0, 0.05) is 0 Å². The molecule has 0 radical (unpaired) electrons. The van der Waals surface area contributed by atoms with Crippen molar-refractivity contribution in [2.75, 3.05) is 13.2 Å². The van der Waals surface area contributed by atoms with Crippen molar-refractivity contribution in [1.82, 2.24) is 5.32 Å². The van der Waals surface area contributed by atoms with Gasteiger partial charge in [0.1, 0.15) is 5.75 Å². The SMILES string of the molecule is CC(=O)[C@@H](Cc1ccccc1)NC(=O)COC(=O)COc1ccc2ccccc2c1. The van der Waals surface area contributed by atoms with Crippen LogP contribution in [0.25, 0.3) is 10.8 Å². The minimum Gasteiger partial charge on any atom is -0.482 e. The first-order valence-electron chi connectivity index (χ1n) is 9.62. The molecule has 3 rings (SSSR count). The summed E-state index contributed by atoms with van der Waals surface area (Å²) in [6.07, 6.45) is 0.376. The van der Waals surface area contributed by atoms with Crippen LogP contribution in [0.2, 0.25) is 0 Å². The molecule has 3 aromatic carbocycles. The van der Waals surface area contributed by atoms with Crippen LogP contribution in [0.5, 0.6) is 5.75 Å². The highest BCUT2D eigenvalue weighted by Gasteiger charge is 2.18. The van der Waals surface area contributed by atoms with Crippen LogP contribution in [0, 0.1) is 0 Å². The average molecular weight is 405 g/mol. The number of ether oxygens (including phenoxy) is 2. The fourth-order valence-corrected chi connectivity index (χ4v) is 2.97. The summed E-state index contributed by atoms with van der Waals surface area (Å²) in [4.78, 5) is 35.8. The summed E-state index contributed by atoms with van der Waals surface area (Å²) in [7, 11) is 0. The molecule has 0 aliphatic carbocycles. The predicted octanol–water partition coefficient (Wildman–Crippen LogP) is 3.08. The van der Waals surface area contributed by atoms with E-state index in [9.17, 15) is 14.4 Å². The van der Waals surface area contributed by atoms with Crippen molar-refractivity contribution < 1.29 is 23.9 Å². The molecule has 0 saturated heterocycles. The summed E-state index contributed by atoms with van der Waals surface area (Å²) in [5.74, 6) is -0.835. The number of carbonyl (C=O) groups excluding carboxylic acids is 3. The van der Waals surface area contributed by atoms with Crippen molar-refractivity contribution in [3.05, 3.63) is 78.4 Å². The molecule has 6 heteroatoms. The first kappa shape index (κ1) is 21.0. The first-order valence-corrected chi connectivity index (χ1v) is 9.62. The Labute approximate surface area is 174 Å². The van der Waals surface area contributed by atoms with Gasteiger partial charge in [0.2, 0.25) is 0 Å². The Hall–Kier alpha value is -3.67. The van der Waals surface area contributed by atoms with E-state index in [1.807, 2.05) is 66.7 Å². The van der Waals surface area contributed by atoms with Gasteiger partial charge in [-0.05, 0) is 41.8 Å². The average Bonchev–Trinajstić information content (AvgIpc) is 2.76. The number of rotatable bonds is 9. The molecule has 0 saturated carbocycles. The number of fused-ring (bicyclic) bond motifs is 1. The van der Waals surface area contributed by atoms with E-state index in [0.29, 0.717) is 12.2 Å². The van der Waals surface area contributed by atoms with Gasteiger partial charge in [-0.2, -0.15) is 0 Å². The third-order valence-corrected chi connectivity index (χ3v) is 4.55.